The minimum absolute atomic E-state index is 0.252. The van der Waals surface area contributed by atoms with E-state index in [0.29, 0.717) is 5.56 Å². The van der Waals surface area contributed by atoms with E-state index in [0.717, 1.165) is 52.9 Å². The lowest BCUT2D eigenvalue weighted by molar-refractivity contribution is 0.0532. The lowest BCUT2D eigenvalue weighted by atomic mass is 9.98. The Balaban J connectivity index is 2.02. The fourth-order valence-electron chi connectivity index (χ4n) is 3.36. The van der Waals surface area contributed by atoms with E-state index in [-0.39, 0.29) is 12.6 Å². The largest absolute Gasteiger partial charge is 0.455 e. The summed E-state index contributed by atoms with van der Waals surface area (Å²) < 4.78 is 7.10. The third kappa shape index (κ3) is 2.19. The van der Waals surface area contributed by atoms with Crippen LogP contribution in [0.2, 0.25) is 0 Å². The summed E-state index contributed by atoms with van der Waals surface area (Å²) in [7, 11) is 0. The van der Waals surface area contributed by atoms with Crippen molar-refractivity contribution in [2.75, 3.05) is 0 Å². The fraction of sp³-hybridized carbons (Fsp3) is 0.316. The normalized spacial score (nSPS) is 13.3. The van der Waals surface area contributed by atoms with E-state index in [1.807, 2.05) is 41.9 Å². The molecule has 1 aromatic carbocycles. The second kappa shape index (κ2) is 5.74. The molecule has 0 atom stereocenters. The van der Waals surface area contributed by atoms with Gasteiger partial charge < -0.3 is 4.74 Å². The van der Waals surface area contributed by atoms with Gasteiger partial charge in [0.1, 0.15) is 6.61 Å². The highest BCUT2D eigenvalue weighted by Crippen LogP contribution is 2.32. The number of aryl methyl sites for hydroxylation is 2. The molecule has 3 aromatic rings. The zero-order valence-corrected chi connectivity index (χ0v) is 13.9. The molecule has 1 aliphatic rings. The van der Waals surface area contributed by atoms with Gasteiger partial charge in [-0.2, -0.15) is 5.10 Å². The Labute approximate surface area is 140 Å². The van der Waals surface area contributed by atoms with Crippen molar-refractivity contribution >= 4 is 17.0 Å². The van der Waals surface area contributed by atoms with Gasteiger partial charge in [-0.15, -0.1) is 0 Å². The van der Waals surface area contributed by atoms with Crippen LogP contribution in [0.1, 0.15) is 47.1 Å². The van der Waals surface area contributed by atoms with Crippen LogP contribution < -0.4 is 0 Å². The molecule has 2 aromatic heterocycles. The molecule has 0 spiro atoms. The highest BCUT2D eigenvalue weighted by atomic mass is 16.5. The number of para-hydroxylation sites is 1. The average molecular weight is 321 g/mol. The number of rotatable bonds is 4. The predicted molar refractivity (Wildman–Crippen MR) is 91.3 cm³/mol. The maximum atomic E-state index is 12.2. The van der Waals surface area contributed by atoms with Gasteiger partial charge in [0.15, 0.2) is 5.65 Å². The van der Waals surface area contributed by atoms with Crippen molar-refractivity contribution in [3.63, 3.8) is 0 Å². The van der Waals surface area contributed by atoms with Gasteiger partial charge in [-0.25, -0.2) is 14.5 Å². The number of hydrogen-bond donors (Lipinski definition) is 0. The zero-order valence-electron chi connectivity index (χ0n) is 13.9. The Morgan fingerprint density at radius 2 is 2.04 bits per heavy atom. The first-order chi connectivity index (χ1) is 11.7. The Morgan fingerprint density at radius 3 is 2.79 bits per heavy atom. The van der Waals surface area contributed by atoms with Gasteiger partial charge in [0.2, 0.25) is 0 Å². The minimum Gasteiger partial charge on any atom is -0.455 e. The van der Waals surface area contributed by atoms with Gasteiger partial charge in [0.05, 0.1) is 22.6 Å². The van der Waals surface area contributed by atoms with Gasteiger partial charge in [0.25, 0.3) is 0 Å². The van der Waals surface area contributed by atoms with Crippen LogP contribution in [0.15, 0.2) is 30.3 Å². The molecule has 0 amide bonds. The van der Waals surface area contributed by atoms with Crippen LogP contribution in [0.4, 0.5) is 0 Å². The lowest BCUT2D eigenvalue weighted by Crippen LogP contribution is -2.05. The van der Waals surface area contributed by atoms with Crippen molar-refractivity contribution < 1.29 is 9.53 Å². The molecule has 1 aliphatic heterocycles. The quantitative estimate of drug-likeness (QED) is 0.687. The summed E-state index contributed by atoms with van der Waals surface area (Å²) in [6, 6.07) is 9.96. The van der Waals surface area contributed by atoms with Crippen molar-refractivity contribution in [2.24, 2.45) is 0 Å². The van der Waals surface area contributed by atoms with Gasteiger partial charge in [-0.3, -0.25) is 0 Å². The van der Waals surface area contributed by atoms with Gasteiger partial charge in [-0.1, -0.05) is 31.5 Å². The fourth-order valence-corrected chi connectivity index (χ4v) is 3.36. The first-order valence-corrected chi connectivity index (χ1v) is 8.34. The number of carbonyl (C=O) groups excluding carboxylic acids is 1. The molecule has 122 valence electrons. The van der Waals surface area contributed by atoms with E-state index in [1.165, 1.54) is 0 Å². The Bertz CT molecular complexity index is 929. The van der Waals surface area contributed by atoms with Crippen molar-refractivity contribution in [2.45, 2.75) is 39.7 Å². The summed E-state index contributed by atoms with van der Waals surface area (Å²) in [6.45, 7) is 4.38. The number of aromatic nitrogens is 3. The van der Waals surface area contributed by atoms with E-state index in [4.69, 9.17) is 14.8 Å². The monoisotopic (exact) mass is 321 g/mol. The molecule has 3 heterocycles. The molecule has 5 nitrogen and oxygen atoms in total. The number of nitrogens with zero attached hydrogens (tertiary/aromatic N) is 3. The molecule has 0 N–H and O–H groups in total. The number of benzene rings is 1. The van der Waals surface area contributed by atoms with Crippen LogP contribution in [0.5, 0.6) is 0 Å². The first kappa shape index (κ1) is 14.9. The van der Waals surface area contributed by atoms with Gasteiger partial charge in [0, 0.05) is 5.39 Å². The third-order valence-corrected chi connectivity index (χ3v) is 4.49. The molecular weight excluding hydrogens is 302 g/mol. The number of cyclic esters (lactones) is 1. The Kier molecular flexibility index (Phi) is 3.56. The highest BCUT2D eigenvalue weighted by molar-refractivity contribution is 6.00. The number of unbranched alkanes of at least 4 members (excludes halogenated alkanes) is 1. The van der Waals surface area contributed by atoms with E-state index < -0.39 is 0 Å². The summed E-state index contributed by atoms with van der Waals surface area (Å²) in [5.74, 6) is -0.252. The molecule has 4 rings (SSSR count). The molecule has 0 saturated carbocycles. The topological polar surface area (TPSA) is 57.0 Å². The smallest absolute Gasteiger partial charge is 0.340 e. The molecule has 0 saturated heterocycles. The second-order valence-electron chi connectivity index (χ2n) is 6.12. The van der Waals surface area contributed by atoms with E-state index in [2.05, 4.69) is 6.92 Å². The minimum atomic E-state index is -0.252. The van der Waals surface area contributed by atoms with Gasteiger partial charge in [-0.05, 0) is 37.5 Å². The van der Waals surface area contributed by atoms with E-state index in [1.54, 1.807) is 0 Å². The summed E-state index contributed by atoms with van der Waals surface area (Å²) in [6.07, 6.45) is 2.93. The van der Waals surface area contributed by atoms with Crippen LogP contribution in [0, 0.1) is 6.92 Å². The number of esters is 1. The number of ether oxygens (including phenoxy) is 1. The van der Waals surface area contributed by atoms with Crippen LogP contribution in [-0.4, -0.2) is 20.7 Å². The average Bonchev–Trinajstić information content (AvgIpc) is 3.14. The number of pyridine rings is 1. The third-order valence-electron chi connectivity index (χ3n) is 4.49. The van der Waals surface area contributed by atoms with Crippen molar-refractivity contribution in [1.29, 1.82) is 0 Å². The molecule has 0 bridgehead atoms. The second-order valence-corrected chi connectivity index (χ2v) is 6.12. The molecule has 0 fully saturated rings. The summed E-state index contributed by atoms with van der Waals surface area (Å²) in [5, 5.41) is 5.69. The van der Waals surface area contributed by atoms with Crippen molar-refractivity contribution in [3.8, 4) is 5.69 Å². The number of fused-ring (bicyclic) bond motifs is 2. The van der Waals surface area contributed by atoms with Crippen LogP contribution in [0.3, 0.4) is 0 Å². The maximum absolute atomic E-state index is 12.2. The summed E-state index contributed by atoms with van der Waals surface area (Å²) in [4.78, 5) is 16.9. The van der Waals surface area contributed by atoms with Crippen LogP contribution >= 0.6 is 0 Å². The molecular formula is C19H19N3O2. The van der Waals surface area contributed by atoms with E-state index in [9.17, 15) is 4.79 Å². The Hall–Kier alpha value is -2.69. The Morgan fingerprint density at radius 1 is 1.25 bits per heavy atom. The number of carbonyl (C=O) groups is 1. The lowest BCUT2D eigenvalue weighted by Gasteiger charge is -2.08. The molecule has 5 heteroatoms. The summed E-state index contributed by atoms with van der Waals surface area (Å²) in [5.41, 5.74) is 5.10. The predicted octanol–water partition coefficient (Wildman–Crippen LogP) is 3.74. The maximum Gasteiger partial charge on any atom is 0.340 e. The van der Waals surface area contributed by atoms with Crippen molar-refractivity contribution in [1.82, 2.24) is 14.8 Å². The van der Waals surface area contributed by atoms with Crippen LogP contribution in [-0.2, 0) is 17.8 Å². The van der Waals surface area contributed by atoms with Crippen LogP contribution in [0.25, 0.3) is 16.7 Å². The molecule has 0 aliphatic carbocycles. The molecule has 0 unspecified atom stereocenters. The zero-order chi connectivity index (χ0) is 16.7. The molecule has 24 heavy (non-hydrogen) atoms. The standard InChI is InChI=1S/C19H19N3O2/c1-3-4-10-14-16-12(2)21-22(13-8-6-5-7-9-13)18(16)20-15-11-24-19(23)17(14)15/h5-9H,3-4,10-11H2,1-2H3. The van der Waals surface area contributed by atoms with E-state index >= 15 is 0 Å². The highest BCUT2D eigenvalue weighted by Gasteiger charge is 2.30. The molecule has 0 radical (unpaired) electrons. The van der Waals surface area contributed by atoms with Crippen molar-refractivity contribution in [3.05, 3.63) is 52.8 Å². The SMILES string of the molecule is CCCCc1c2c(nc3c1c(C)nn3-c1ccccc1)COC2=O. The summed E-state index contributed by atoms with van der Waals surface area (Å²) >= 11 is 0. The number of hydrogen-bond acceptors (Lipinski definition) is 4. The van der Waals surface area contributed by atoms with Gasteiger partial charge >= 0.3 is 5.97 Å². The first-order valence-electron chi connectivity index (χ1n) is 8.34.